The highest BCUT2D eigenvalue weighted by atomic mass is 32.1. The van der Waals surface area contributed by atoms with Gasteiger partial charge < -0.3 is 9.72 Å². The molecule has 1 aromatic carbocycles. The Labute approximate surface area is 124 Å². The maximum Gasteiger partial charge on any atom is 0.130 e. The molecule has 0 bridgehead atoms. The van der Waals surface area contributed by atoms with Gasteiger partial charge in [0, 0.05) is 17.2 Å². The largest absolute Gasteiger partial charge is 0.496 e. The Kier molecular flexibility index (Phi) is 3.34. The lowest BCUT2D eigenvalue weighted by molar-refractivity contribution is 0.411. The van der Waals surface area contributed by atoms with Gasteiger partial charge in [0.2, 0.25) is 0 Å². The van der Waals surface area contributed by atoms with Gasteiger partial charge in [-0.05, 0) is 56.0 Å². The lowest BCUT2D eigenvalue weighted by Gasteiger charge is -2.12. The van der Waals surface area contributed by atoms with E-state index in [0.717, 1.165) is 22.8 Å². The molecule has 1 saturated carbocycles. The maximum atomic E-state index is 5.37. The average molecular weight is 286 g/mol. The van der Waals surface area contributed by atoms with Crippen LogP contribution in [-0.2, 0) is 0 Å². The summed E-state index contributed by atoms with van der Waals surface area (Å²) in [5.41, 5.74) is 4.51. The van der Waals surface area contributed by atoms with E-state index in [-0.39, 0.29) is 0 Å². The van der Waals surface area contributed by atoms with Crippen molar-refractivity contribution >= 4 is 12.2 Å². The highest BCUT2D eigenvalue weighted by molar-refractivity contribution is 7.71. The van der Waals surface area contributed by atoms with Gasteiger partial charge in [-0.1, -0.05) is 12.2 Å². The van der Waals surface area contributed by atoms with Crippen LogP contribution in [0, 0.1) is 18.5 Å². The number of H-pyrrole nitrogens is 1. The number of ether oxygens (including phenoxy) is 1. The van der Waals surface area contributed by atoms with E-state index in [9.17, 15) is 0 Å². The number of aryl methyl sites for hydroxylation is 2. The first-order valence-electron chi connectivity index (χ1n) is 6.85. The lowest BCUT2D eigenvalue weighted by atomic mass is 10.0. The number of methoxy groups -OCH3 is 1. The van der Waals surface area contributed by atoms with Crippen molar-refractivity contribution in [3.63, 3.8) is 0 Å². The molecule has 20 heavy (non-hydrogen) atoms. The van der Waals surface area contributed by atoms with E-state index >= 15 is 0 Å². The number of nitrogens with zero attached hydrogens (tertiary/aromatic N) is 1. The second kappa shape index (κ2) is 5.02. The first-order valence-corrected chi connectivity index (χ1v) is 7.26. The number of hydrogen-bond donors (Lipinski definition) is 1. The van der Waals surface area contributed by atoms with E-state index in [1.807, 2.05) is 6.07 Å². The zero-order chi connectivity index (χ0) is 14.3. The quantitative estimate of drug-likeness (QED) is 0.854. The van der Waals surface area contributed by atoms with Crippen LogP contribution in [-0.4, -0.2) is 17.1 Å². The minimum absolute atomic E-state index is 0.566. The van der Waals surface area contributed by atoms with Gasteiger partial charge >= 0.3 is 0 Å². The minimum Gasteiger partial charge on any atom is -0.496 e. The molecule has 3 nitrogen and oxygen atoms in total. The summed E-state index contributed by atoms with van der Waals surface area (Å²) in [5, 5.41) is 0. The molecule has 0 spiro atoms. The highest BCUT2D eigenvalue weighted by Gasteiger charge is 2.26. The number of aromatic amines is 1. The van der Waals surface area contributed by atoms with Crippen molar-refractivity contribution in [2.75, 3.05) is 7.11 Å². The summed E-state index contributed by atoms with van der Waals surface area (Å²) >= 11 is 5.30. The molecule has 0 atom stereocenters. The molecule has 1 heterocycles. The second-order valence-corrected chi connectivity index (χ2v) is 5.85. The van der Waals surface area contributed by atoms with Gasteiger partial charge in [0.1, 0.15) is 16.2 Å². The molecule has 0 saturated heterocycles. The molecule has 1 aromatic heterocycles. The van der Waals surface area contributed by atoms with Gasteiger partial charge in [-0.2, -0.15) is 0 Å². The van der Waals surface area contributed by atoms with Gasteiger partial charge in [0.15, 0.2) is 0 Å². The predicted molar refractivity (Wildman–Crippen MR) is 82.9 cm³/mol. The van der Waals surface area contributed by atoms with Gasteiger partial charge in [-0.25, -0.2) is 4.98 Å². The maximum absolute atomic E-state index is 5.37. The summed E-state index contributed by atoms with van der Waals surface area (Å²) < 4.78 is 6.03. The minimum atomic E-state index is 0.566. The van der Waals surface area contributed by atoms with Crippen molar-refractivity contribution in [3.05, 3.63) is 39.8 Å². The molecule has 0 amide bonds. The highest BCUT2D eigenvalue weighted by Crippen LogP contribution is 2.39. The Balaban J connectivity index is 2.13. The van der Waals surface area contributed by atoms with Crippen molar-refractivity contribution in [3.8, 4) is 17.0 Å². The van der Waals surface area contributed by atoms with Crippen molar-refractivity contribution in [1.29, 1.82) is 0 Å². The number of rotatable bonds is 3. The standard InChI is InChI=1S/C16H18N2OS/c1-9-7-14(19-3)10(2)6-12(9)13-8-15(20)18-16(17-13)11-4-5-11/h6-8,11H,4-5H2,1-3H3,(H,17,18,20). The summed E-state index contributed by atoms with van der Waals surface area (Å²) in [6.07, 6.45) is 2.42. The molecule has 1 aliphatic carbocycles. The third-order valence-electron chi connectivity index (χ3n) is 3.76. The molecule has 1 aliphatic rings. The molecule has 4 heteroatoms. The van der Waals surface area contributed by atoms with E-state index in [2.05, 4.69) is 35.9 Å². The van der Waals surface area contributed by atoms with Crippen molar-refractivity contribution in [2.24, 2.45) is 0 Å². The normalized spacial score (nSPS) is 14.3. The third kappa shape index (κ3) is 2.48. The van der Waals surface area contributed by atoms with Crippen LogP contribution in [0.3, 0.4) is 0 Å². The van der Waals surface area contributed by atoms with Crippen LogP contribution >= 0.6 is 12.2 Å². The monoisotopic (exact) mass is 286 g/mol. The van der Waals surface area contributed by atoms with Crippen LogP contribution < -0.4 is 4.74 Å². The summed E-state index contributed by atoms with van der Waals surface area (Å²) in [6.45, 7) is 4.14. The Bertz CT molecular complexity index is 717. The zero-order valence-electron chi connectivity index (χ0n) is 12.0. The fourth-order valence-corrected chi connectivity index (χ4v) is 2.69. The molecule has 104 valence electrons. The third-order valence-corrected chi connectivity index (χ3v) is 3.97. The van der Waals surface area contributed by atoms with Crippen molar-refractivity contribution < 1.29 is 4.74 Å². The van der Waals surface area contributed by atoms with Crippen LogP contribution in [0.2, 0.25) is 0 Å². The first-order chi connectivity index (χ1) is 9.58. The molecule has 0 radical (unpaired) electrons. The second-order valence-electron chi connectivity index (χ2n) is 5.43. The van der Waals surface area contributed by atoms with Crippen molar-refractivity contribution in [1.82, 2.24) is 9.97 Å². The zero-order valence-corrected chi connectivity index (χ0v) is 12.8. The molecule has 1 N–H and O–H groups in total. The number of aromatic nitrogens is 2. The van der Waals surface area contributed by atoms with E-state index in [0.29, 0.717) is 10.6 Å². The molecular formula is C16H18N2OS. The van der Waals surface area contributed by atoms with Gasteiger partial charge in [0.25, 0.3) is 0 Å². The Morgan fingerprint density at radius 1 is 1.20 bits per heavy atom. The van der Waals surface area contributed by atoms with E-state index in [4.69, 9.17) is 17.0 Å². The SMILES string of the molecule is COc1cc(C)c(-c2cc(=S)nc(C3CC3)[nH]2)cc1C. The predicted octanol–water partition coefficient (Wildman–Crippen LogP) is 4.31. The summed E-state index contributed by atoms with van der Waals surface area (Å²) in [7, 11) is 1.70. The molecule has 2 aromatic rings. The smallest absolute Gasteiger partial charge is 0.130 e. The summed E-state index contributed by atoms with van der Waals surface area (Å²) in [4.78, 5) is 7.89. The van der Waals surface area contributed by atoms with Crippen LogP contribution in [0.5, 0.6) is 5.75 Å². The molecule has 3 rings (SSSR count). The molecule has 0 unspecified atom stereocenters. The first kappa shape index (κ1) is 13.3. The Hall–Kier alpha value is -1.68. The van der Waals surface area contributed by atoms with Gasteiger partial charge in [-0.3, -0.25) is 0 Å². The van der Waals surface area contributed by atoms with Crippen molar-refractivity contribution in [2.45, 2.75) is 32.6 Å². The van der Waals surface area contributed by atoms with Crippen LogP contribution in [0.4, 0.5) is 0 Å². The summed E-state index contributed by atoms with van der Waals surface area (Å²) in [5.74, 6) is 2.51. The Morgan fingerprint density at radius 3 is 2.60 bits per heavy atom. The van der Waals surface area contributed by atoms with Crippen LogP contribution in [0.15, 0.2) is 18.2 Å². The molecule has 1 fully saturated rings. The van der Waals surface area contributed by atoms with Crippen LogP contribution in [0.25, 0.3) is 11.3 Å². The number of benzene rings is 1. The topological polar surface area (TPSA) is 37.9 Å². The van der Waals surface area contributed by atoms with E-state index in [1.54, 1.807) is 7.11 Å². The molecule has 0 aliphatic heterocycles. The summed E-state index contributed by atoms with van der Waals surface area (Å²) in [6, 6.07) is 6.15. The van der Waals surface area contributed by atoms with Gasteiger partial charge in [0.05, 0.1) is 7.11 Å². The van der Waals surface area contributed by atoms with Crippen LogP contribution in [0.1, 0.15) is 35.7 Å². The van der Waals surface area contributed by atoms with Gasteiger partial charge in [-0.15, -0.1) is 0 Å². The lowest BCUT2D eigenvalue weighted by Crippen LogP contribution is -1.98. The Morgan fingerprint density at radius 2 is 1.95 bits per heavy atom. The number of nitrogens with one attached hydrogen (secondary N) is 1. The van der Waals surface area contributed by atoms with E-state index < -0.39 is 0 Å². The fourth-order valence-electron chi connectivity index (χ4n) is 2.47. The number of hydrogen-bond acceptors (Lipinski definition) is 3. The molecular weight excluding hydrogens is 268 g/mol. The van der Waals surface area contributed by atoms with E-state index in [1.165, 1.54) is 24.0 Å². The fraction of sp³-hybridized carbons (Fsp3) is 0.375. The average Bonchev–Trinajstić information content (AvgIpc) is 3.24.